The zero-order valence-electron chi connectivity index (χ0n) is 17.5. The Hall–Kier alpha value is -2.46. The van der Waals surface area contributed by atoms with Gasteiger partial charge < -0.3 is 30.3 Å². The first-order valence-electron chi connectivity index (χ1n) is 9.21. The summed E-state index contributed by atoms with van der Waals surface area (Å²) in [4.78, 5) is 27.6. The maximum atomic E-state index is 13.5. The number of halogens is 1. The number of hydrogen-bond donors (Lipinski definition) is 2. The highest BCUT2D eigenvalue weighted by atomic mass is 35.5. The first-order chi connectivity index (χ1) is 13.9. The quantitative estimate of drug-likeness (QED) is 0.621. The van der Waals surface area contributed by atoms with E-state index in [0.717, 1.165) is 10.5 Å². The number of methoxy groups -OCH3 is 1. The van der Waals surface area contributed by atoms with Gasteiger partial charge in [-0.05, 0) is 42.9 Å². The topological polar surface area (TPSA) is 120 Å². The molecule has 0 unspecified atom stereocenters. The van der Waals surface area contributed by atoms with Crippen molar-refractivity contribution in [3.8, 4) is 11.5 Å². The molecule has 31 heavy (non-hydrogen) atoms. The monoisotopic (exact) mass is 470 g/mol. The molecule has 0 fully saturated rings. The number of carbonyl (C=O) groups is 2. The van der Waals surface area contributed by atoms with Crippen LogP contribution >= 0.6 is 24.2 Å². The van der Waals surface area contributed by atoms with Crippen LogP contribution in [0.3, 0.4) is 0 Å². The number of hydrogen-bond acceptors (Lipinski definition) is 7. The van der Waals surface area contributed by atoms with Gasteiger partial charge in [-0.15, -0.1) is 24.2 Å². The van der Waals surface area contributed by atoms with E-state index in [-0.39, 0.29) is 29.5 Å². The number of phenolic OH excluding ortho intramolecular Hbond substituents is 1. The van der Waals surface area contributed by atoms with Crippen molar-refractivity contribution < 1.29 is 29.6 Å². The molecule has 10 heteroatoms. The Morgan fingerprint density at radius 1 is 1.23 bits per heavy atom. The molecule has 1 aliphatic rings. The van der Waals surface area contributed by atoms with E-state index < -0.39 is 17.3 Å². The average molecular weight is 471 g/mol. The fourth-order valence-corrected chi connectivity index (χ4v) is 4.55. The van der Waals surface area contributed by atoms with E-state index in [4.69, 9.17) is 9.47 Å². The predicted octanol–water partition coefficient (Wildman–Crippen LogP) is 2.33. The molecule has 2 aromatic rings. The molecule has 0 aromatic heterocycles. The van der Waals surface area contributed by atoms with E-state index in [1.165, 1.54) is 18.7 Å². The van der Waals surface area contributed by atoms with Crippen molar-refractivity contribution in [2.45, 2.75) is 23.2 Å². The van der Waals surface area contributed by atoms with Crippen molar-refractivity contribution >= 4 is 41.7 Å². The van der Waals surface area contributed by atoms with Crippen molar-refractivity contribution in [3.05, 3.63) is 48.0 Å². The first-order valence-corrected chi connectivity index (χ1v) is 10.1. The van der Waals surface area contributed by atoms with Gasteiger partial charge in [-0.25, -0.2) is 0 Å². The summed E-state index contributed by atoms with van der Waals surface area (Å²) in [5, 5.41) is 12.6. The van der Waals surface area contributed by atoms with E-state index in [1.54, 1.807) is 49.4 Å². The molecule has 1 heterocycles. The van der Waals surface area contributed by atoms with Crippen LogP contribution < -0.4 is 15.0 Å². The maximum absolute atomic E-state index is 13.5. The van der Waals surface area contributed by atoms with Crippen LogP contribution in [0.2, 0.25) is 0 Å². The number of ether oxygens (including phenoxy) is 2. The predicted molar refractivity (Wildman–Crippen MR) is 122 cm³/mol. The minimum absolute atomic E-state index is 0. The SMILES string of the molecule is CNCCN1C(=O)[C@@H](OC(C)=O)[C@@H](c2ccc(OC)cc2)Sc2cc(O)ccc21.Cl.O. The van der Waals surface area contributed by atoms with Crippen molar-refractivity contribution in [2.75, 3.05) is 32.1 Å². The number of aromatic hydroxyl groups is 1. The summed E-state index contributed by atoms with van der Waals surface area (Å²) < 4.78 is 10.7. The van der Waals surface area contributed by atoms with Gasteiger partial charge >= 0.3 is 5.97 Å². The number of likely N-dealkylation sites (N-methyl/N-ethyl adjacent to an activating group) is 1. The number of esters is 1. The van der Waals surface area contributed by atoms with Crippen LogP contribution in [0.25, 0.3) is 0 Å². The summed E-state index contributed by atoms with van der Waals surface area (Å²) in [7, 11) is 3.39. The van der Waals surface area contributed by atoms with Crippen molar-refractivity contribution in [3.63, 3.8) is 0 Å². The number of rotatable bonds is 6. The van der Waals surface area contributed by atoms with Crippen LogP contribution in [0.1, 0.15) is 17.7 Å². The Morgan fingerprint density at radius 3 is 2.48 bits per heavy atom. The molecule has 170 valence electrons. The molecule has 0 aliphatic carbocycles. The normalized spacial score (nSPS) is 17.5. The van der Waals surface area contributed by atoms with Crippen molar-refractivity contribution in [2.24, 2.45) is 0 Å². The molecule has 0 bridgehead atoms. The van der Waals surface area contributed by atoms with Gasteiger partial charge in [0.25, 0.3) is 5.91 Å². The number of benzene rings is 2. The molecule has 4 N–H and O–H groups in total. The van der Waals surface area contributed by atoms with Crippen LogP contribution in [0.4, 0.5) is 5.69 Å². The van der Waals surface area contributed by atoms with E-state index in [0.29, 0.717) is 24.5 Å². The van der Waals surface area contributed by atoms with E-state index >= 15 is 0 Å². The standard InChI is InChI=1S/C21H24N2O5S.ClH.H2O/c1-13(24)28-19-20(14-4-7-16(27-3)8-5-14)29-18-12-15(25)6-9-17(18)23(21(19)26)11-10-22-2;;/h4-9,12,19-20,22,25H,10-11H2,1-3H3;1H;1H2/t19-,20+;;/m0../s1. The number of carbonyl (C=O) groups excluding carboxylic acids is 2. The molecular formula is C21H27ClN2O6S. The van der Waals surface area contributed by atoms with Crippen LogP contribution in [-0.4, -0.2) is 55.8 Å². The molecule has 1 amide bonds. The van der Waals surface area contributed by atoms with Gasteiger partial charge in [-0.3, -0.25) is 9.59 Å². The number of thioether (sulfide) groups is 1. The molecule has 0 radical (unpaired) electrons. The maximum Gasteiger partial charge on any atom is 0.303 e. The van der Waals surface area contributed by atoms with Crippen LogP contribution in [0, 0.1) is 0 Å². The second-order valence-corrected chi connectivity index (χ2v) is 7.77. The molecule has 1 aliphatic heterocycles. The Morgan fingerprint density at radius 2 is 1.90 bits per heavy atom. The number of nitrogens with zero attached hydrogens (tertiary/aromatic N) is 1. The zero-order chi connectivity index (χ0) is 21.0. The molecule has 2 aromatic carbocycles. The summed E-state index contributed by atoms with van der Waals surface area (Å²) in [6, 6.07) is 12.2. The van der Waals surface area contributed by atoms with Gasteiger partial charge in [0.05, 0.1) is 18.0 Å². The van der Waals surface area contributed by atoms with Gasteiger partial charge in [0, 0.05) is 24.9 Å². The highest BCUT2D eigenvalue weighted by Crippen LogP contribution is 2.47. The number of phenols is 1. The third-order valence-electron chi connectivity index (χ3n) is 4.60. The lowest BCUT2D eigenvalue weighted by Gasteiger charge is -2.27. The fourth-order valence-electron chi connectivity index (χ4n) is 3.20. The lowest BCUT2D eigenvalue weighted by molar-refractivity contribution is -0.152. The average Bonchev–Trinajstić information content (AvgIpc) is 2.81. The van der Waals surface area contributed by atoms with Gasteiger partial charge in [0.2, 0.25) is 0 Å². The smallest absolute Gasteiger partial charge is 0.303 e. The summed E-state index contributed by atoms with van der Waals surface area (Å²) in [6.45, 7) is 2.27. The number of anilines is 1. The van der Waals surface area contributed by atoms with Crippen molar-refractivity contribution in [1.29, 1.82) is 0 Å². The number of amides is 1. The first kappa shape index (κ1) is 26.6. The van der Waals surface area contributed by atoms with E-state index in [2.05, 4.69) is 5.32 Å². The molecule has 0 saturated carbocycles. The largest absolute Gasteiger partial charge is 0.508 e. The molecule has 0 spiro atoms. The van der Waals surface area contributed by atoms with Crippen LogP contribution in [0.15, 0.2) is 47.4 Å². The van der Waals surface area contributed by atoms with Gasteiger partial charge in [0.1, 0.15) is 11.5 Å². The van der Waals surface area contributed by atoms with E-state index in [1.807, 2.05) is 12.1 Å². The second-order valence-electron chi connectivity index (χ2n) is 6.59. The summed E-state index contributed by atoms with van der Waals surface area (Å²) >= 11 is 1.39. The Kier molecular flexibility index (Phi) is 10.1. The molecule has 3 rings (SSSR count). The van der Waals surface area contributed by atoms with Crippen LogP contribution in [0.5, 0.6) is 11.5 Å². The van der Waals surface area contributed by atoms with Crippen molar-refractivity contribution in [1.82, 2.24) is 5.32 Å². The molecule has 0 saturated heterocycles. The highest BCUT2D eigenvalue weighted by molar-refractivity contribution is 7.99. The molecular weight excluding hydrogens is 444 g/mol. The minimum Gasteiger partial charge on any atom is -0.508 e. The zero-order valence-corrected chi connectivity index (χ0v) is 19.1. The van der Waals surface area contributed by atoms with Gasteiger partial charge in [-0.2, -0.15) is 0 Å². The minimum atomic E-state index is -1.00. The number of fused-ring (bicyclic) bond motifs is 1. The highest BCUT2D eigenvalue weighted by Gasteiger charge is 2.40. The molecule has 8 nitrogen and oxygen atoms in total. The van der Waals surface area contributed by atoms with E-state index in [9.17, 15) is 14.7 Å². The second kappa shape index (κ2) is 11.8. The summed E-state index contributed by atoms with van der Waals surface area (Å²) in [5.41, 5.74) is 1.50. The summed E-state index contributed by atoms with van der Waals surface area (Å²) in [5.74, 6) is -0.0221. The lowest BCUT2D eigenvalue weighted by Crippen LogP contribution is -2.45. The Labute approximate surface area is 191 Å². The Bertz CT molecular complexity index is 896. The number of nitrogens with one attached hydrogen (secondary N) is 1. The van der Waals surface area contributed by atoms with Gasteiger partial charge in [0.15, 0.2) is 6.10 Å². The van der Waals surface area contributed by atoms with Crippen LogP contribution in [-0.2, 0) is 14.3 Å². The fraction of sp³-hybridized carbons (Fsp3) is 0.333. The third-order valence-corrected chi connectivity index (χ3v) is 5.95. The summed E-state index contributed by atoms with van der Waals surface area (Å²) in [6.07, 6.45) is -1.00. The lowest BCUT2D eigenvalue weighted by atomic mass is 10.1. The molecule has 2 atom stereocenters. The third kappa shape index (κ3) is 6.04. The van der Waals surface area contributed by atoms with Gasteiger partial charge in [-0.1, -0.05) is 12.1 Å². The Balaban J connectivity index is 0.00000240.